The van der Waals surface area contributed by atoms with Gasteiger partial charge >= 0.3 is 0 Å². The van der Waals surface area contributed by atoms with E-state index in [4.69, 9.17) is 13.3 Å². The summed E-state index contributed by atoms with van der Waals surface area (Å²) in [6.07, 6.45) is 4.22. The number of hydrogen-bond donors (Lipinski definition) is 2. The van der Waals surface area contributed by atoms with Gasteiger partial charge in [-0.15, -0.1) is 6.42 Å². The summed E-state index contributed by atoms with van der Waals surface area (Å²) in [4.78, 5) is 0. The average molecular weight is 334 g/mol. The summed E-state index contributed by atoms with van der Waals surface area (Å²) in [7, 11) is 0. The second kappa shape index (κ2) is 5.63. The Bertz CT molecular complexity index is 879. The molecular weight excluding hydrogens is 298 g/mol. The smallest absolute Gasteiger partial charge is 0.131 e. The first-order valence-corrected chi connectivity index (χ1v) is 8.98. The Labute approximate surface area is 153 Å². The largest absolute Gasteiger partial charge is 0.411 e. The second-order valence-electron chi connectivity index (χ2n) is 7.68. The minimum Gasteiger partial charge on any atom is -0.411 e. The molecular formula is C21H29NO2. The molecule has 4 aliphatic carbocycles. The lowest BCUT2D eigenvalue weighted by molar-refractivity contribution is -0.0989. The number of hydrogen-bond acceptors (Lipinski definition) is 3. The van der Waals surface area contributed by atoms with E-state index in [0.717, 1.165) is 0 Å². The molecule has 0 aromatic carbocycles. The molecule has 24 heavy (non-hydrogen) atoms. The molecule has 4 aliphatic rings. The summed E-state index contributed by atoms with van der Waals surface area (Å²) in [6, 6.07) is -0.480. The van der Waals surface area contributed by atoms with Crippen molar-refractivity contribution < 1.29 is 18.5 Å². The quantitative estimate of drug-likeness (QED) is 0.430. The van der Waals surface area contributed by atoms with Crippen molar-refractivity contribution in [1.29, 1.82) is 0 Å². The highest BCUT2D eigenvalue weighted by Gasteiger charge is 2.63. The molecule has 0 aromatic heterocycles. The van der Waals surface area contributed by atoms with Crippen LogP contribution in [0.2, 0.25) is 0 Å². The minimum absolute atomic E-state index is 0.0471. The van der Waals surface area contributed by atoms with E-state index in [9.17, 15) is 11.7 Å². The Balaban J connectivity index is 1.87. The number of terminal acetylenes is 1. The van der Waals surface area contributed by atoms with Crippen molar-refractivity contribution in [3.8, 4) is 12.3 Å². The maximum Gasteiger partial charge on any atom is 0.131 e. The summed E-state index contributed by atoms with van der Waals surface area (Å²) in [5.41, 5.74) is -2.32. The molecule has 0 spiro atoms. The molecule has 2 N–H and O–H groups in total. The summed E-state index contributed by atoms with van der Waals surface area (Å²) < 4.78 is 51.9. The van der Waals surface area contributed by atoms with Gasteiger partial charge in [0.15, 0.2) is 0 Å². The van der Waals surface area contributed by atoms with Crippen LogP contribution in [0.1, 0.15) is 72.8 Å². The van der Waals surface area contributed by atoms with E-state index >= 15 is 0 Å². The van der Waals surface area contributed by atoms with Gasteiger partial charge in [-0.25, -0.2) is 0 Å². The minimum atomic E-state index is -2.19. The Morgan fingerprint density at radius 2 is 2.21 bits per heavy atom. The average Bonchev–Trinajstić information content (AvgIpc) is 2.94. The van der Waals surface area contributed by atoms with Crippen LogP contribution in [-0.4, -0.2) is 21.6 Å². The SMILES string of the molecule is [2H]C1=C2C([2H])([2H])C[C@@H]3[C@@H](CC[C@]4(CC)[C@H]3CC[C@@]4(O)C#C)[C@@]2([2H])CC([2H])([2H])/C1=N\O. The standard InChI is InChI=1S/C21H29NO2/c1-3-20-11-9-17-16-8-6-15(22-24)13-14(16)5-7-18(17)19(20)10-12-21(20,23)4-2/h2,13,16-19,23-24H,3,5-12H2,1H3/b22-15+/t16-,17-,18+,19-,20+,21-/m0/s1/i5D2,6D2,13D,16D. The second-order valence-corrected chi connectivity index (χ2v) is 7.68. The lowest BCUT2D eigenvalue weighted by Gasteiger charge is -2.56. The van der Waals surface area contributed by atoms with Gasteiger partial charge in [0.1, 0.15) is 5.60 Å². The van der Waals surface area contributed by atoms with Crippen molar-refractivity contribution in [1.82, 2.24) is 0 Å². The van der Waals surface area contributed by atoms with Crippen LogP contribution in [0.15, 0.2) is 16.8 Å². The third kappa shape index (κ3) is 1.99. The fraction of sp³-hybridized carbons (Fsp3) is 0.762. The fourth-order valence-electron chi connectivity index (χ4n) is 6.05. The van der Waals surface area contributed by atoms with Crippen LogP contribution in [0.25, 0.3) is 0 Å². The predicted octanol–water partition coefficient (Wildman–Crippen LogP) is 4.14. The predicted molar refractivity (Wildman–Crippen MR) is 94.7 cm³/mol. The van der Waals surface area contributed by atoms with Crippen LogP contribution in [0.5, 0.6) is 0 Å². The van der Waals surface area contributed by atoms with Crippen LogP contribution < -0.4 is 0 Å². The van der Waals surface area contributed by atoms with Gasteiger partial charge in [0.25, 0.3) is 0 Å². The third-order valence-electron chi connectivity index (χ3n) is 7.23. The first-order chi connectivity index (χ1) is 13.8. The first kappa shape index (κ1) is 10.7. The summed E-state index contributed by atoms with van der Waals surface area (Å²) in [6.45, 7) is 2.01. The van der Waals surface area contributed by atoms with Crippen LogP contribution >= 0.6 is 0 Å². The first-order valence-electron chi connectivity index (χ1n) is 12.0. The Morgan fingerprint density at radius 3 is 2.92 bits per heavy atom. The van der Waals surface area contributed by atoms with Gasteiger partial charge in [-0.2, -0.15) is 0 Å². The van der Waals surface area contributed by atoms with E-state index in [2.05, 4.69) is 11.1 Å². The number of fused-ring (bicyclic) bond motifs is 5. The van der Waals surface area contributed by atoms with E-state index in [1.54, 1.807) is 0 Å². The van der Waals surface area contributed by atoms with E-state index in [1.165, 1.54) is 0 Å². The molecule has 3 nitrogen and oxygen atoms in total. The van der Waals surface area contributed by atoms with Gasteiger partial charge < -0.3 is 10.3 Å². The molecule has 0 heterocycles. The van der Waals surface area contributed by atoms with Crippen molar-refractivity contribution >= 4 is 5.71 Å². The van der Waals surface area contributed by atoms with Crippen LogP contribution in [0, 0.1) is 41.4 Å². The lowest BCUT2D eigenvalue weighted by atomic mass is 9.49. The van der Waals surface area contributed by atoms with Crippen molar-refractivity contribution in [2.24, 2.45) is 34.2 Å². The van der Waals surface area contributed by atoms with E-state index in [-0.39, 0.29) is 36.2 Å². The van der Waals surface area contributed by atoms with Crippen LogP contribution in [-0.2, 0) is 0 Å². The highest BCUT2D eigenvalue weighted by molar-refractivity contribution is 5.96. The molecule has 0 saturated heterocycles. The molecule has 6 atom stereocenters. The maximum absolute atomic E-state index is 11.2. The maximum atomic E-state index is 11.2. The van der Waals surface area contributed by atoms with Crippen LogP contribution in [0.3, 0.4) is 0 Å². The normalized spacial score (nSPS) is 60.2. The highest BCUT2D eigenvalue weighted by atomic mass is 16.4. The number of oxime groups is 1. The summed E-state index contributed by atoms with van der Waals surface area (Å²) in [5, 5.41) is 23.5. The van der Waals surface area contributed by atoms with E-state index < -0.39 is 41.4 Å². The molecule has 130 valence electrons. The number of nitrogens with zero attached hydrogens (tertiary/aromatic N) is 1. The van der Waals surface area contributed by atoms with Gasteiger partial charge in [-0.05, 0) is 87.4 Å². The zero-order chi connectivity index (χ0) is 22.3. The molecule has 0 aromatic rings. The monoisotopic (exact) mass is 333 g/mol. The molecule has 0 unspecified atom stereocenters. The molecule has 3 saturated carbocycles. The van der Waals surface area contributed by atoms with E-state index in [0.29, 0.717) is 32.1 Å². The molecule has 0 aliphatic heterocycles. The molecule has 4 rings (SSSR count). The van der Waals surface area contributed by atoms with Gasteiger partial charge in [-0.3, -0.25) is 0 Å². The molecule has 3 fully saturated rings. The number of aliphatic hydroxyl groups is 1. The Hall–Kier alpha value is -1.27. The third-order valence-corrected chi connectivity index (χ3v) is 7.23. The zero-order valence-corrected chi connectivity index (χ0v) is 14.1. The van der Waals surface area contributed by atoms with Crippen molar-refractivity contribution in [3.05, 3.63) is 11.6 Å². The fourth-order valence-corrected chi connectivity index (χ4v) is 6.05. The van der Waals surface area contributed by atoms with Gasteiger partial charge in [0, 0.05) is 12.3 Å². The zero-order valence-electron chi connectivity index (χ0n) is 20.1. The van der Waals surface area contributed by atoms with Gasteiger partial charge in [0.2, 0.25) is 0 Å². The molecule has 0 radical (unpaired) electrons. The van der Waals surface area contributed by atoms with Crippen molar-refractivity contribution in [2.75, 3.05) is 0 Å². The Kier molecular flexibility index (Phi) is 2.50. The molecule has 0 amide bonds. The number of allylic oxidation sites excluding steroid dienone is 2. The molecule has 3 heteroatoms. The lowest BCUT2D eigenvalue weighted by Crippen LogP contribution is -2.53. The molecule has 0 bridgehead atoms. The summed E-state index contributed by atoms with van der Waals surface area (Å²) >= 11 is 0. The van der Waals surface area contributed by atoms with E-state index in [1.807, 2.05) is 6.92 Å². The van der Waals surface area contributed by atoms with Crippen molar-refractivity contribution in [3.63, 3.8) is 0 Å². The van der Waals surface area contributed by atoms with Crippen molar-refractivity contribution in [2.45, 2.75) is 70.2 Å². The Morgan fingerprint density at radius 1 is 1.38 bits per heavy atom. The van der Waals surface area contributed by atoms with Gasteiger partial charge in [-0.1, -0.05) is 23.6 Å². The highest BCUT2D eigenvalue weighted by Crippen LogP contribution is 2.66. The number of rotatable bonds is 1. The van der Waals surface area contributed by atoms with Gasteiger partial charge in [0.05, 0.1) is 7.08 Å². The van der Waals surface area contributed by atoms with Crippen LogP contribution in [0.4, 0.5) is 0 Å². The summed E-state index contributed by atoms with van der Waals surface area (Å²) in [5.74, 6) is 0.408. The topological polar surface area (TPSA) is 52.8 Å².